The van der Waals surface area contributed by atoms with Crippen molar-refractivity contribution < 1.29 is 0 Å². The summed E-state index contributed by atoms with van der Waals surface area (Å²) in [6, 6.07) is 20.6. The minimum atomic E-state index is 1.19. The minimum Gasteiger partial charge on any atom is -0.143 e. The van der Waals surface area contributed by atoms with E-state index < -0.39 is 0 Å². The fourth-order valence-corrected chi connectivity index (χ4v) is 8.99. The van der Waals surface area contributed by atoms with Crippen LogP contribution in [0.3, 0.4) is 0 Å². The maximum absolute atomic E-state index is 2.37. The average molecular weight is 517 g/mol. The second kappa shape index (κ2) is 11.9. The second-order valence-electron chi connectivity index (χ2n) is 9.60. The zero-order valence-corrected chi connectivity index (χ0v) is 23.5. The molecule has 0 unspecified atom stereocenters. The lowest BCUT2D eigenvalue weighted by Crippen LogP contribution is -1.85. The number of thiophene rings is 3. The Labute approximate surface area is 222 Å². The third-order valence-corrected chi connectivity index (χ3v) is 10.6. The Morgan fingerprint density at radius 2 is 1.23 bits per heavy atom. The van der Waals surface area contributed by atoms with Gasteiger partial charge in [-0.25, -0.2) is 0 Å². The van der Waals surface area contributed by atoms with E-state index in [9.17, 15) is 0 Å². The molecule has 0 fully saturated rings. The Balaban J connectivity index is 1.59. The van der Waals surface area contributed by atoms with E-state index >= 15 is 0 Å². The van der Waals surface area contributed by atoms with E-state index in [0.717, 1.165) is 0 Å². The molecule has 2 aromatic carbocycles. The molecular formula is C32H36S3. The summed E-state index contributed by atoms with van der Waals surface area (Å²) >= 11 is 5.99. The smallest absolute Gasteiger partial charge is 0.0530 e. The molecule has 0 amide bonds. The van der Waals surface area contributed by atoms with Crippen molar-refractivity contribution in [3.8, 4) is 20.2 Å². The highest BCUT2D eigenvalue weighted by molar-refractivity contribution is 7.26. The van der Waals surface area contributed by atoms with Gasteiger partial charge in [0.1, 0.15) is 0 Å². The topological polar surface area (TPSA) is 0 Å². The lowest BCUT2D eigenvalue weighted by atomic mass is 10.0. The van der Waals surface area contributed by atoms with Crippen LogP contribution in [0.2, 0.25) is 0 Å². The van der Waals surface area contributed by atoms with Crippen molar-refractivity contribution in [2.45, 2.75) is 78.1 Å². The van der Waals surface area contributed by atoms with Gasteiger partial charge in [-0.15, -0.1) is 34.0 Å². The Hall–Kier alpha value is -1.94. The fourth-order valence-electron chi connectivity index (χ4n) is 5.15. The predicted octanol–water partition coefficient (Wildman–Crippen LogP) is 11.8. The van der Waals surface area contributed by atoms with E-state index in [1.54, 1.807) is 10.4 Å². The largest absolute Gasteiger partial charge is 0.143 e. The molecule has 0 N–H and O–H groups in total. The van der Waals surface area contributed by atoms with Crippen LogP contribution in [0.25, 0.3) is 41.1 Å². The molecule has 0 atom stereocenters. The van der Waals surface area contributed by atoms with Crippen LogP contribution in [-0.2, 0) is 12.8 Å². The Kier molecular flexibility index (Phi) is 8.39. The lowest BCUT2D eigenvalue weighted by molar-refractivity contribution is 0.668. The highest BCUT2D eigenvalue weighted by Crippen LogP contribution is 2.50. The summed E-state index contributed by atoms with van der Waals surface area (Å²) in [6.45, 7) is 4.59. The van der Waals surface area contributed by atoms with E-state index in [-0.39, 0.29) is 0 Å². The Morgan fingerprint density at radius 3 is 1.97 bits per heavy atom. The molecule has 0 bridgehead atoms. The van der Waals surface area contributed by atoms with E-state index in [1.165, 1.54) is 105 Å². The Morgan fingerprint density at radius 1 is 0.571 bits per heavy atom. The summed E-state index contributed by atoms with van der Waals surface area (Å²) < 4.78 is 1.43. The number of benzene rings is 2. The zero-order valence-electron chi connectivity index (χ0n) is 21.1. The van der Waals surface area contributed by atoms with Gasteiger partial charge < -0.3 is 0 Å². The monoisotopic (exact) mass is 516 g/mol. The summed E-state index contributed by atoms with van der Waals surface area (Å²) in [5.41, 5.74) is 3.05. The number of hydrogen-bond donors (Lipinski definition) is 0. The fraction of sp³-hybridized carbons (Fsp3) is 0.375. The number of rotatable bonds is 12. The van der Waals surface area contributed by atoms with Gasteiger partial charge in [0.25, 0.3) is 0 Å². The molecule has 3 aromatic heterocycles. The first-order valence-corrected chi connectivity index (χ1v) is 15.9. The van der Waals surface area contributed by atoms with E-state index in [1.807, 2.05) is 34.0 Å². The molecule has 0 radical (unpaired) electrons. The normalized spacial score (nSPS) is 11.7. The molecule has 0 aliphatic heterocycles. The van der Waals surface area contributed by atoms with Gasteiger partial charge in [-0.3, -0.25) is 0 Å². The van der Waals surface area contributed by atoms with Crippen LogP contribution < -0.4 is 0 Å². The average Bonchev–Trinajstić information content (AvgIpc) is 3.59. The van der Waals surface area contributed by atoms with Gasteiger partial charge in [0, 0.05) is 41.1 Å². The van der Waals surface area contributed by atoms with E-state index in [4.69, 9.17) is 0 Å². The van der Waals surface area contributed by atoms with E-state index in [2.05, 4.69) is 73.8 Å². The molecule has 0 aliphatic carbocycles. The number of hydrogen-bond acceptors (Lipinski definition) is 3. The number of fused-ring (bicyclic) bond motifs is 2. The molecule has 0 aliphatic rings. The summed E-state index contributed by atoms with van der Waals surface area (Å²) in [5, 5.41) is 6.60. The van der Waals surface area contributed by atoms with Gasteiger partial charge in [0.2, 0.25) is 0 Å². The maximum atomic E-state index is 2.37. The SMILES string of the molecule is CCCCCCc1ccsc1-c1sc(-c2c(CCCCCC)sc3ccccc23)c2ccccc12. The lowest BCUT2D eigenvalue weighted by Gasteiger charge is -2.04. The summed E-state index contributed by atoms with van der Waals surface area (Å²) in [6.07, 6.45) is 12.9. The standard InChI is InChI=1S/C32H36S3/c1-3-5-7-9-15-23-21-22-33-30(23)32-25-17-12-11-16-24(25)31(35-32)29-26-18-13-14-19-27(26)34-28(29)20-10-8-6-4-2/h11-14,16-19,21-22H,3-10,15,20H2,1-2H3. The van der Waals surface area contributed by atoms with Crippen molar-refractivity contribution in [3.05, 3.63) is 70.4 Å². The first-order chi connectivity index (χ1) is 17.3. The number of unbranched alkanes of at least 4 members (excludes halogenated alkanes) is 6. The molecule has 182 valence electrons. The van der Waals surface area contributed by atoms with Crippen LogP contribution in [-0.4, -0.2) is 0 Å². The van der Waals surface area contributed by atoms with Crippen molar-refractivity contribution in [2.75, 3.05) is 0 Å². The zero-order chi connectivity index (χ0) is 24.0. The van der Waals surface area contributed by atoms with Crippen molar-refractivity contribution >= 4 is 54.9 Å². The van der Waals surface area contributed by atoms with Gasteiger partial charge in [0.05, 0.1) is 4.88 Å². The predicted molar refractivity (Wildman–Crippen MR) is 162 cm³/mol. The van der Waals surface area contributed by atoms with Gasteiger partial charge in [-0.1, -0.05) is 94.8 Å². The minimum absolute atomic E-state index is 1.19. The second-order valence-corrected chi connectivity index (χ2v) is 12.7. The van der Waals surface area contributed by atoms with Crippen LogP contribution >= 0.6 is 34.0 Å². The molecule has 5 aromatic rings. The van der Waals surface area contributed by atoms with Crippen molar-refractivity contribution in [2.24, 2.45) is 0 Å². The molecule has 3 heterocycles. The highest BCUT2D eigenvalue weighted by atomic mass is 32.1. The Bertz CT molecular complexity index is 1380. The molecular weight excluding hydrogens is 481 g/mol. The molecule has 0 nitrogen and oxygen atoms in total. The van der Waals surface area contributed by atoms with Crippen LogP contribution in [0.5, 0.6) is 0 Å². The third-order valence-electron chi connectivity index (χ3n) is 7.03. The first-order valence-electron chi connectivity index (χ1n) is 13.4. The quantitative estimate of drug-likeness (QED) is 0.145. The summed E-state index contributed by atoms with van der Waals surface area (Å²) in [4.78, 5) is 6.02. The van der Waals surface area contributed by atoms with Crippen LogP contribution in [0, 0.1) is 0 Å². The third kappa shape index (κ3) is 5.28. The van der Waals surface area contributed by atoms with Crippen LogP contribution in [0.1, 0.15) is 75.7 Å². The van der Waals surface area contributed by atoms with Gasteiger partial charge in [-0.05, 0) is 48.8 Å². The molecule has 0 spiro atoms. The molecule has 0 saturated heterocycles. The summed E-state index contributed by atoms with van der Waals surface area (Å²) in [7, 11) is 0. The highest BCUT2D eigenvalue weighted by Gasteiger charge is 2.22. The van der Waals surface area contributed by atoms with Crippen molar-refractivity contribution in [1.82, 2.24) is 0 Å². The summed E-state index contributed by atoms with van der Waals surface area (Å²) in [5.74, 6) is 0. The van der Waals surface area contributed by atoms with E-state index in [0.29, 0.717) is 0 Å². The van der Waals surface area contributed by atoms with Crippen molar-refractivity contribution in [1.29, 1.82) is 0 Å². The van der Waals surface area contributed by atoms with Gasteiger partial charge in [0.15, 0.2) is 0 Å². The molecule has 35 heavy (non-hydrogen) atoms. The maximum Gasteiger partial charge on any atom is 0.0530 e. The van der Waals surface area contributed by atoms with Crippen LogP contribution in [0.4, 0.5) is 0 Å². The first kappa shape index (κ1) is 24.7. The number of aryl methyl sites for hydroxylation is 2. The van der Waals surface area contributed by atoms with Crippen LogP contribution in [0.15, 0.2) is 60.0 Å². The molecule has 0 saturated carbocycles. The molecule has 5 rings (SSSR count). The van der Waals surface area contributed by atoms with Gasteiger partial charge in [-0.2, -0.15) is 0 Å². The van der Waals surface area contributed by atoms with Gasteiger partial charge >= 0.3 is 0 Å². The van der Waals surface area contributed by atoms with Crippen molar-refractivity contribution in [3.63, 3.8) is 0 Å². The molecule has 3 heteroatoms.